The number of nitrogens with one attached hydrogen (secondary N) is 1. The smallest absolute Gasteiger partial charge is 0.0992 e. The van der Waals surface area contributed by atoms with Crippen LogP contribution in [-0.2, 0) is 23.0 Å². The molecule has 1 N–H and O–H groups in total. The van der Waals surface area contributed by atoms with Gasteiger partial charge in [0.05, 0.1) is 24.8 Å². The van der Waals surface area contributed by atoms with Crippen molar-refractivity contribution in [3.63, 3.8) is 0 Å². The molecular formula is C30H36N4O. The second-order valence-corrected chi connectivity index (χ2v) is 11.0. The maximum Gasteiger partial charge on any atom is 0.0992 e. The van der Waals surface area contributed by atoms with E-state index in [1.165, 1.54) is 51.9 Å². The first-order valence-electron chi connectivity index (χ1n) is 13.3. The zero-order valence-corrected chi connectivity index (χ0v) is 21.3. The molecule has 5 heteroatoms. The normalized spacial score (nSPS) is 20.5. The molecule has 2 aromatic carbocycles. The summed E-state index contributed by atoms with van der Waals surface area (Å²) in [5, 5.41) is 10.6. The molecule has 0 amide bonds. The standard InChI is InChI=1S/C30H36N4O/c1-4-21-16-22-17-25-24-6-5-20(19-31)15-27(24)32-29(25)30(2,3)26(22)18-28(21)34-9-7-23(8-10-34)33-11-13-35-14-12-33/h5-6,15-16,18,23,32H,4,7-14,17H2,1-3H3. The van der Waals surface area contributed by atoms with Crippen molar-refractivity contribution in [3.8, 4) is 6.07 Å². The van der Waals surface area contributed by atoms with Gasteiger partial charge in [-0.05, 0) is 59.7 Å². The summed E-state index contributed by atoms with van der Waals surface area (Å²) in [4.78, 5) is 9.00. The minimum atomic E-state index is -0.109. The number of hydrogen-bond donors (Lipinski definition) is 1. The molecule has 0 saturated carbocycles. The van der Waals surface area contributed by atoms with Crippen LogP contribution in [0.25, 0.3) is 10.9 Å². The number of piperidine rings is 1. The Morgan fingerprint density at radius 3 is 2.57 bits per heavy atom. The van der Waals surface area contributed by atoms with Crippen LogP contribution in [0.2, 0.25) is 0 Å². The van der Waals surface area contributed by atoms with Crippen molar-refractivity contribution >= 4 is 16.6 Å². The van der Waals surface area contributed by atoms with E-state index in [2.05, 4.69) is 59.8 Å². The molecule has 3 aliphatic rings. The summed E-state index contributed by atoms with van der Waals surface area (Å²) in [7, 11) is 0. The molecule has 182 valence electrons. The lowest BCUT2D eigenvalue weighted by molar-refractivity contribution is 0.0115. The molecular weight excluding hydrogens is 432 g/mol. The largest absolute Gasteiger partial charge is 0.379 e. The Bertz CT molecular complexity index is 1300. The molecule has 0 radical (unpaired) electrons. The second-order valence-electron chi connectivity index (χ2n) is 11.0. The van der Waals surface area contributed by atoms with Gasteiger partial charge in [0, 0.05) is 66.3 Å². The highest BCUT2D eigenvalue weighted by molar-refractivity contribution is 5.88. The highest BCUT2D eigenvalue weighted by atomic mass is 16.5. The minimum absolute atomic E-state index is 0.109. The van der Waals surface area contributed by atoms with Crippen molar-refractivity contribution < 1.29 is 4.74 Å². The molecule has 1 aromatic heterocycles. The van der Waals surface area contributed by atoms with Gasteiger partial charge in [0.1, 0.15) is 0 Å². The predicted molar refractivity (Wildman–Crippen MR) is 141 cm³/mol. The second kappa shape index (κ2) is 8.69. The van der Waals surface area contributed by atoms with E-state index < -0.39 is 0 Å². The Hall–Kier alpha value is -2.81. The monoisotopic (exact) mass is 468 g/mol. The summed E-state index contributed by atoms with van der Waals surface area (Å²) in [6.45, 7) is 13.2. The number of hydrogen-bond acceptors (Lipinski definition) is 4. The molecule has 2 aliphatic heterocycles. The fraction of sp³-hybridized carbons (Fsp3) is 0.500. The van der Waals surface area contributed by atoms with Gasteiger partial charge >= 0.3 is 0 Å². The van der Waals surface area contributed by atoms with Crippen LogP contribution in [0.3, 0.4) is 0 Å². The summed E-state index contributed by atoms with van der Waals surface area (Å²) in [6, 6.07) is 14.0. The molecule has 2 saturated heterocycles. The van der Waals surface area contributed by atoms with E-state index in [1.807, 2.05) is 12.1 Å². The Morgan fingerprint density at radius 2 is 1.86 bits per heavy atom. The predicted octanol–water partition coefficient (Wildman–Crippen LogP) is 5.13. The lowest BCUT2D eigenvalue weighted by Gasteiger charge is -2.42. The number of anilines is 1. The van der Waals surface area contributed by atoms with Gasteiger partial charge < -0.3 is 14.6 Å². The van der Waals surface area contributed by atoms with Gasteiger partial charge in [-0.25, -0.2) is 0 Å². The first kappa shape index (κ1) is 22.6. The van der Waals surface area contributed by atoms with Crippen molar-refractivity contribution in [2.75, 3.05) is 44.3 Å². The van der Waals surface area contributed by atoms with Gasteiger partial charge in [-0.3, -0.25) is 4.90 Å². The average molecular weight is 469 g/mol. The zero-order chi connectivity index (χ0) is 24.2. The summed E-state index contributed by atoms with van der Waals surface area (Å²) in [5.74, 6) is 0. The summed E-state index contributed by atoms with van der Waals surface area (Å²) < 4.78 is 5.57. The van der Waals surface area contributed by atoms with Gasteiger partial charge in [0.15, 0.2) is 0 Å². The van der Waals surface area contributed by atoms with Gasteiger partial charge in [0.25, 0.3) is 0 Å². The number of ether oxygens (including phenoxy) is 1. The maximum absolute atomic E-state index is 9.37. The van der Waals surface area contributed by atoms with Crippen molar-refractivity contribution in [3.05, 3.63) is 63.8 Å². The van der Waals surface area contributed by atoms with E-state index >= 15 is 0 Å². The molecule has 0 spiro atoms. The van der Waals surface area contributed by atoms with Gasteiger partial charge in [-0.2, -0.15) is 5.26 Å². The topological polar surface area (TPSA) is 55.3 Å². The molecule has 6 rings (SSSR count). The Morgan fingerprint density at radius 1 is 1.09 bits per heavy atom. The minimum Gasteiger partial charge on any atom is -0.379 e. The fourth-order valence-corrected chi connectivity index (χ4v) is 6.77. The molecule has 2 fully saturated rings. The highest BCUT2D eigenvalue weighted by Crippen LogP contribution is 2.46. The third kappa shape index (κ3) is 3.75. The van der Waals surface area contributed by atoms with Crippen LogP contribution >= 0.6 is 0 Å². The van der Waals surface area contributed by atoms with Crippen LogP contribution in [0.4, 0.5) is 5.69 Å². The van der Waals surface area contributed by atoms with E-state index in [9.17, 15) is 5.26 Å². The third-order valence-corrected chi connectivity index (χ3v) is 8.75. The van der Waals surface area contributed by atoms with Crippen molar-refractivity contribution in [2.45, 2.75) is 57.9 Å². The Kier molecular flexibility index (Phi) is 5.62. The zero-order valence-electron chi connectivity index (χ0n) is 21.3. The van der Waals surface area contributed by atoms with Gasteiger partial charge in [-0.1, -0.05) is 32.9 Å². The fourth-order valence-electron chi connectivity index (χ4n) is 6.77. The van der Waals surface area contributed by atoms with Gasteiger partial charge in [0.2, 0.25) is 0 Å². The molecule has 3 aromatic rings. The molecule has 0 unspecified atom stereocenters. The Labute approximate surface area is 208 Å². The first-order valence-corrected chi connectivity index (χ1v) is 13.3. The lowest BCUT2D eigenvalue weighted by atomic mass is 9.71. The number of morpholine rings is 1. The number of benzene rings is 2. The van der Waals surface area contributed by atoms with Crippen LogP contribution in [-0.4, -0.2) is 55.3 Å². The maximum atomic E-state index is 9.37. The molecule has 5 nitrogen and oxygen atoms in total. The quantitative estimate of drug-likeness (QED) is 0.579. The number of rotatable bonds is 3. The van der Waals surface area contributed by atoms with E-state index in [-0.39, 0.29) is 5.41 Å². The number of nitriles is 1. The molecule has 0 atom stereocenters. The number of fused-ring (bicyclic) bond motifs is 4. The molecule has 3 heterocycles. The third-order valence-electron chi connectivity index (χ3n) is 8.75. The van der Waals surface area contributed by atoms with Crippen LogP contribution in [0.5, 0.6) is 0 Å². The summed E-state index contributed by atoms with van der Waals surface area (Å²) in [6.07, 6.45) is 4.47. The van der Waals surface area contributed by atoms with Crippen LogP contribution in [0, 0.1) is 11.3 Å². The number of aromatic amines is 1. The number of H-pyrrole nitrogens is 1. The van der Waals surface area contributed by atoms with E-state index in [4.69, 9.17) is 4.74 Å². The Balaban J connectivity index is 1.33. The van der Waals surface area contributed by atoms with Crippen LogP contribution < -0.4 is 4.90 Å². The number of aromatic nitrogens is 1. The molecule has 35 heavy (non-hydrogen) atoms. The average Bonchev–Trinajstić information content (AvgIpc) is 3.27. The van der Waals surface area contributed by atoms with Crippen molar-refractivity contribution in [1.29, 1.82) is 5.26 Å². The molecule has 0 bridgehead atoms. The van der Waals surface area contributed by atoms with Crippen LogP contribution in [0.1, 0.15) is 67.1 Å². The number of aryl methyl sites for hydroxylation is 1. The SMILES string of the molecule is CCc1cc2c(cc1N1CCC(N3CCOCC3)CC1)C(C)(C)c1[nH]c3cc(C#N)ccc3c1C2. The van der Waals surface area contributed by atoms with Crippen molar-refractivity contribution in [1.82, 2.24) is 9.88 Å². The summed E-state index contributed by atoms with van der Waals surface area (Å²) in [5.41, 5.74) is 10.2. The van der Waals surface area contributed by atoms with E-state index in [1.54, 1.807) is 0 Å². The molecule has 1 aliphatic carbocycles. The first-order chi connectivity index (χ1) is 17.0. The highest BCUT2D eigenvalue weighted by Gasteiger charge is 2.36. The van der Waals surface area contributed by atoms with E-state index in [0.717, 1.165) is 57.8 Å². The summed E-state index contributed by atoms with van der Waals surface area (Å²) >= 11 is 0. The van der Waals surface area contributed by atoms with Gasteiger partial charge in [-0.15, -0.1) is 0 Å². The number of nitrogens with zero attached hydrogens (tertiary/aromatic N) is 3. The lowest BCUT2D eigenvalue weighted by Crippen LogP contribution is -2.49. The van der Waals surface area contributed by atoms with Crippen molar-refractivity contribution in [2.24, 2.45) is 0 Å². The van der Waals surface area contributed by atoms with Crippen LogP contribution in [0.15, 0.2) is 30.3 Å². The van der Waals surface area contributed by atoms with E-state index in [0.29, 0.717) is 11.6 Å².